The van der Waals surface area contributed by atoms with Gasteiger partial charge in [0.15, 0.2) is 0 Å². The number of carbonyl (C=O) groups excluding carboxylic acids is 1. The number of unbranched alkanes of at least 4 members (excludes halogenated alkanes) is 1. The van der Waals surface area contributed by atoms with Crippen LogP contribution in [0.3, 0.4) is 0 Å². The van der Waals surface area contributed by atoms with Gasteiger partial charge in [-0.3, -0.25) is 9.69 Å². The molecule has 1 aliphatic rings. The molecule has 1 amide bonds. The number of rotatable bonds is 10. The molecule has 4 atom stereocenters. The van der Waals surface area contributed by atoms with E-state index in [0.29, 0.717) is 23.7 Å². The number of hydrogen-bond donors (Lipinski definition) is 3. The number of nitrogens with two attached hydrogens (primary N) is 1. The smallest absolute Gasteiger partial charge is 0.235 e. The number of nitriles is 1. The summed E-state index contributed by atoms with van der Waals surface area (Å²) in [5.74, 6) is 6.17. The lowest BCUT2D eigenvalue weighted by Crippen LogP contribution is -2.60. The van der Waals surface area contributed by atoms with Crippen LogP contribution >= 0.6 is 11.6 Å². The molecule has 3 rings (SSSR count). The molecule has 2 aromatic rings. The van der Waals surface area contributed by atoms with Gasteiger partial charge in [0.25, 0.3) is 0 Å². The summed E-state index contributed by atoms with van der Waals surface area (Å²) in [6.07, 6.45) is 4.19. The second-order valence-corrected chi connectivity index (χ2v) is 9.81. The zero-order chi connectivity index (χ0) is 26.1. The number of carbonyl (C=O) groups is 1. The number of nitrogens with zero attached hydrogens (tertiary/aromatic N) is 3. The Hall–Kier alpha value is -2.89. The SMILES string of the molecule is CCCCC1CN(CC(=O)NC(C#N)Cc2ccccc2)C(O)/C(=C/C(C)c2ccc(Cl)cc2)N1N. The summed E-state index contributed by atoms with van der Waals surface area (Å²) in [5, 5.41) is 25.9. The Balaban J connectivity index is 1.74. The molecule has 4 unspecified atom stereocenters. The van der Waals surface area contributed by atoms with Gasteiger partial charge < -0.3 is 15.4 Å². The first kappa shape index (κ1) is 27.7. The topological polar surface area (TPSA) is 106 Å². The highest BCUT2D eigenvalue weighted by molar-refractivity contribution is 6.30. The number of amides is 1. The van der Waals surface area contributed by atoms with E-state index < -0.39 is 12.3 Å². The lowest BCUT2D eigenvalue weighted by molar-refractivity contribution is -0.127. The van der Waals surface area contributed by atoms with Crippen molar-refractivity contribution in [3.8, 4) is 6.07 Å². The number of nitrogens with one attached hydrogen (secondary N) is 1. The van der Waals surface area contributed by atoms with Crippen molar-refractivity contribution in [3.05, 3.63) is 82.5 Å². The second kappa shape index (κ2) is 13.4. The van der Waals surface area contributed by atoms with Crippen LogP contribution in [-0.4, -0.2) is 52.3 Å². The maximum Gasteiger partial charge on any atom is 0.235 e. The standard InChI is InChI=1S/C28H36ClN5O2/c1-3-4-10-25-18-33(19-27(35)32-24(17-30)16-21-8-6-5-7-9-21)28(36)26(34(25)31)15-20(2)22-11-13-23(29)14-12-22/h5-9,11-15,20,24-25,28,36H,3-4,10,16,18-19,31H2,1-2H3,(H,32,35)/b26-15-. The number of allylic oxidation sites excluding steroid dienone is 1. The fourth-order valence-corrected chi connectivity index (χ4v) is 4.63. The molecule has 192 valence electrons. The average Bonchev–Trinajstić information content (AvgIpc) is 2.88. The monoisotopic (exact) mass is 509 g/mol. The van der Waals surface area contributed by atoms with Crippen molar-refractivity contribution in [2.24, 2.45) is 5.84 Å². The first-order valence-corrected chi connectivity index (χ1v) is 12.9. The lowest BCUT2D eigenvalue weighted by atomic mass is 9.97. The zero-order valence-electron chi connectivity index (χ0n) is 21.0. The summed E-state index contributed by atoms with van der Waals surface area (Å²) in [6.45, 7) is 4.58. The minimum absolute atomic E-state index is 0.0209. The molecule has 1 saturated heterocycles. The molecule has 0 spiro atoms. The van der Waals surface area contributed by atoms with E-state index in [1.807, 2.05) is 67.6 Å². The minimum atomic E-state index is -1.04. The van der Waals surface area contributed by atoms with Crippen LogP contribution < -0.4 is 11.2 Å². The molecule has 1 heterocycles. The van der Waals surface area contributed by atoms with Crippen molar-refractivity contribution in [1.29, 1.82) is 5.26 Å². The highest BCUT2D eigenvalue weighted by Gasteiger charge is 2.36. The van der Waals surface area contributed by atoms with Crippen LogP contribution in [-0.2, 0) is 11.2 Å². The third kappa shape index (κ3) is 7.55. The fraction of sp³-hybridized carbons (Fsp3) is 0.429. The minimum Gasteiger partial charge on any atom is -0.372 e. The number of piperazine rings is 1. The van der Waals surface area contributed by atoms with E-state index in [4.69, 9.17) is 17.4 Å². The van der Waals surface area contributed by atoms with Crippen molar-refractivity contribution >= 4 is 17.5 Å². The van der Waals surface area contributed by atoms with Crippen LogP contribution in [0.15, 0.2) is 66.4 Å². The Morgan fingerprint density at radius 2 is 1.97 bits per heavy atom. The summed E-state index contributed by atoms with van der Waals surface area (Å²) in [5.41, 5.74) is 2.59. The van der Waals surface area contributed by atoms with Crippen molar-refractivity contribution in [2.75, 3.05) is 13.1 Å². The molecule has 0 saturated carbocycles. The summed E-state index contributed by atoms with van der Waals surface area (Å²) in [4.78, 5) is 14.6. The number of halogens is 1. The summed E-state index contributed by atoms with van der Waals surface area (Å²) >= 11 is 6.03. The Morgan fingerprint density at radius 3 is 2.61 bits per heavy atom. The Kier molecular flexibility index (Phi) is 10.3. The summed E-state index contributed by atoms with van der Waals surface area (Å²) in [6, 6.07) is 18.6. The number of hydrazine groups is 1. The van der Waals surface area contributed by atoms with E-state index in [1.54, 1.807) is 9.91 Å². The van der Waals surface area contributed by atoms with Crippen LogP contribution in [0.4, 0.5) is 0 Å². The molecule has 4 N–H and O–H groups in total. The Morgan fingerprint density at radius 1 is 1.28 bits per heavy atom. The van der Waals surface area contributed by atoms with Crippen molar-refractivity contribution in [1.82, 2.24) is 15.2 Å². The highest BCUT2D eigenvalue weighted by atomic mass is 35.5. The van der Waals surface area contributed by atoms with E-state index in [0.717, 1.165) is 30.4 Å². The van der Waals surface area contributed by atoms with Gasteiger partial charge in [-0.2, -0.15) is 5.26 Å². The number of benzene rings is 2. The number of aliphatic hydroxyl groups excluding tert-OH is 1. The maximum absolute atomic E-state index is 12.9. The molecule has 0 radical (unpaired) electrons. The van der Waals surface area contributed by atoms with E-state index >= 15 is 0 Å². The summed E-state index contributed by atoms with van der Waals surface area (Å²) in [7, 11) is 0. The van der Waals surface area contributed by atoms with Gasteiger partial charge >= 0.3 is 0 Å². The average molecular weight is 510 g/mol. The van der Waals surface area contributed by atoms with Gasteiger partial charge in [-0.05, 0) is 29.7 Å². The van der Waals surface area contributed by atoms with Crippen LogP contribution in [0, 0.1) is 11.3 Å². The van der Waals surface area contributed by atoms with E-state index in [-0.39, 0.29) is 24.4 Å². The molecular formula is C28H36ClN5O2. The van der Waals surface area contributed by atoms with Gasteiger partial charge in [0.05, 0.1) is 24.4 Å². The van der Waals surface area contributed by atoms with E-state index in [2.05, 4.69) is 18.3 Å². The highest BCUT2D eigenvalue weighted by Crippen LogP contribution is 2.28. The molecule has 1 aliphatic heterocycles. The molecule has 8 heteroatoms. The normalized spacial score (nSPS) is 21.1. The van der Waals surface area contributed by atoms with Gasteiger partial charge in [0.1, 0.15) is 12.3 Å². The quantitative estimate of drug-likeness (QED) is 0.419. The predicted octanol–water partition coefficient (Wildman–Crippen LogP) is 3.95. The van der Waals surface area contributed by atoms with Crippen LogP contribution in [0.25, 0.3) is 0 Å². The second-order valence-electron chi connectivity index (χ2n) is 9.38. The molecule has 0 aromatic heterocycles. The lowest BCUT2D eigenvalue weighted by Gasteiger charge is -2.45. The van der Waals surface area contributed by atoms with Crippen LogP contribution in [0.5, 0.6) is 0 Å². The van der Waals surface area contributed by atoms with Gasteiger partial charge in [0.2, 0.25) is 5.91 Å². The third-order valence-corrected chi connectivity index (χ3v) is 6.83. The third-order valence-electron chi connectivity index (χ3n) is 6.58. The maximum atomic E-state index is 12.9. The van der Waals surface area contributed by atoms with Crippen molar-refractivity contribution in [3.63, 3.8) is 0 Å². The van der Waals surface area contributed by atoms with Gasteiger partial charge in [-0.1, -0.05) is 86.8 Å². The first-order valence-electron chi connectivity index (χ1n) is 12.5. The van der Waals surface area contributed by atoms with Crippen molar-refractivity contribution < 1.29 is 9.90 Å². The zero-order valence-corrected chi connectivity index (χ0v) is 21.7. The number of hydrogen-bond acceptors (Lipinski definition) is 6. The Bertz CT molecular complexity index is 1050. The molecule has 2 aromatic carbocycles. The first-order chi connectivity index (χ1) is 17.3. The van der Waals surface area contributed by atoms with Crippen LogP contribution in [0.2, 0.25) is 5.02 Å². The predicted molar refractivity (Wildman–Crippen MR) is 143 cm³/mol. The van der Waals surface area contributed by atoms with Gasteiger partial charge in [0, 0.05) is 23.9 Å². The van der Waals surface area contributed by atoms with E-state index in [9.17, 15) is 15.2 Å². The molecule has 1 fully saturated rings. The largest absolute Gasteiger partial charge is 0.372 e. The van der Waals surface area contributed by atoms with Crippen LogP contribution in [0.1, 0.15) is 50.2 Å². The van der Waals surface area contributed by atoms with Gasteiger partial charge in [-0.15, -0.1) is 0 Å². The number of aliphatic hydroxyl groups is 1. The molecule has 0 bridgehead atoms. The fourth-order valence-electron chi connectivity index (χ4n) is 4.50. The molecule has 0 aliphatic carbocycles. The van der Waals surface area contributed by atoms with Crippen molar-refractivity contribution in [2.45, 2.75) is 63.8 Å². The summed E-state index contributed by atoms with van der Waals surface area (Å²) < 4.78 is 0. The van der Waals surface area contributed by atoms with Gasteiger partial charge in [-0.25, -0.2) is 5.84 Å². The Labute approximate surface area is 219 Å². The molecule has 36 heavy (non-hydrogen) atoms. The molecular weight excluding hydrogens is 474 g/mol. The molecule has 7 nitrogen and oxygen atoms in total. The van der Waals surface area contributed by atoms with E-state index in [1.165, 1.54) is 0 Å².